The molecule has 0 N–H and O–H groups in total. The summed E-state index contributed by atoms with van der Waals surface area (Å²) in [5.74, 6) is 0. The van der Waals surface area contributed by atoms with E-state index in [4.69, 9.17) is 4.98 Å². The molecule has 1 nitrogen and oxygen atoms in total. The van der Waals surface area contributed by atoms with Crippen LogP contribution in [0.1, 0.15) is 0 Å². The molecule has 0 amide bonds. The van der Waals surface area contributed by atoms with E-state index in [1.165, 1.54) is 21.5 Å². The molecule has 1 aromatic heterocycles. The highest BCUT2D eigenvalue weighted by atomic mass is 79.9. The Morgan fingerprint density at radius 3 is 2.16 bits per heavy atom. The lowest BCUT2D eigenvalue weighted by atomic mass is 10.0. The molecule has 0 spiro atoms. The van der Waals surface area contributed by atoms with Crippen LogP contribution in [0.3, 0.4) is 0 Å². The first-order valence-corrected chi connectivity index (χ1v) is 6.99. The molecule has 4 aromatic rings. The average Bonchev–Trinajstić information content (AvgIpc) is 2.47. The van der Waals surface area contributed by atoms with Gasteiger partial charge in [-0.05, 0) is 26.7 Å². The van der Waals surface area contributed by atoms with Crippen LogP contribution in [0.25, 0.3) is 32.4 Å². The fraction of sp³-hybridized carbons (Fsp3) is 0. The first-order chi connectivity index (χ1) is 9.34. The summed E-state index contributed by atoms with van der Waals surface area (Å²) in [6.45, 7) is 0. The van der Waals surface area contributed by atoms with E-state index in [0.717, 1.165) is 15.5 Å². The summed E-state index contributed by atoms with van der Waals surface area (Å²) >= 11 is 3.59. The fourth-order valence-corrected chi connectivity index (χ4v) is 3.17. The fourth-order valence-electron chi connectivity index (χ4n) is 2.65. The van der Waals surface area contributed by atoms with Crippen LogP contribution in [0.2, 0.25) is 0 Å². The van der Waals surface area contributed by atoms with Gasteiger partial charge in [0.05, 0.1) is 5.52 Å². The Morgan fingerprint density at radius 1 is 0.632 bits per heavy atom. The lowest BCUT2D eigenvalue weighted by molar-refractivity contribution is 1.40. The SMILES string of the molecule is Brc1nc2c3ccccc3ccc2c2ccccc12. The normalized spacial score (nSPS) is 11.4. The minimum atomic E-state index is 0.909. The molecule has 4 rings (SSSR count). The zero-order chi connectivity index (χ0) is 12.8. The molecule has 0 unspecified atom stereocenters. The van der Waals surface area contributed by atoms with Crippen molar-refractivity contribution in [3.05, 3.63) is 65.3 Å². The van der Waals surface area contributed by atoms with Gasteiger partial charge in [-0.25, -0.2) is 4.98 Å². The molecule has 3 aromatic carbocycles. The van der Waals surface area contributed by atoms with Gasteiger partial charge in [-0.1, -0.05) is 60.7 Å². The third kappa shape index (κ3) is 1.57. The maximum atomic E-state index is 4.75. The minimum absolute atomic E-state index is 0.909. The van der Waals surface area contributed by atoms with E-state index in [1.54, 1.807) is 0 Å². The number of nitrogens with zero attached hydrogens (tertiary/aromatic N) is 1. The van der Waals surface area contributed by atoms with Gasteiger partial charge in [0.15, 0.2) is 0 Å². The van der Waals surface area contributed by atoms with Crippen molar-refractivity contribution in [3.8, 4) is 0 Å². The molecule has 0 fully saturated rings. The summed E-state index contributed by atoms with van der Waals surface area (Å²) < 4.78 is 0.909. The number of aromatic nitrogens is 1. The van der Waals surface area contributed by atoms with E-state index >= 15 is 0 Å². The van der Waals surface area contributed by atoms with Crippen LogP contribution in [0.4, 0.5) is 0 Å². The summed E-state index contributed by atoms with van der Waals surface area (Å²) in [6.07, 6.45) is 0. The summed E-state index contributed by atoms with van der Waals surface area (Å²) in [6, 6.07) is 21.1. The van der Waals surface area contributed by atoms with Crippen LogP contribution in [-0.4, -0.2) is 4.98 Å². The maximum absolute atomic E-state index is 4.75. The largest absolute Gasteiger partial charge is 0.240 e. The van der Waals surface area contributed by atoms with Crippen LogP contribution in [0.5, 0.6) is 0 Å². The van der Waals surface area contributed by atoms with Crippen molar-refractivity contribution in [1.29, 1.82) is 0 Å². The highest BCUT2D eigenvalue weighted by Crippen LogP contribution is 2.32. The van der Waals surface area contributed by atoms with Crippen LogP contribution in [0.15, 0.2) is 65.3 Å². The summed E-state index contributed by atoms with van der Waals surface area (Å²) in [5.41, 5.74) is 1.06. The molecule has 0 aliphatic carbocycles. The lowest BCUT2D eigenvalue weighted by Crippen LogP contribution is -1.86. The molecule has 0 aliphatic heterocycles. The molecule has 0 bridgehead atoms. The Bertz CT molecular complexity index is 928. The Morgan fingerprint density at radius 2 is 1.32 bits per heavy atom. The number of halogens is 1. The average molecular weight is 308 g/mol. The van der Waals surface area contributed by atoms with Gasteiger partial charge < -0.3 is 0 Å². The van der Waals surface area contributed by atoms with Gasteiger partial charge in [-0.3, -0.25) is 0 Å². The molecular weight excluding hydrogens is 298 g/mol. The molecule has 0 saturated heterocycles. The second kappa shape index (κ2) is 4.04. The first kappa shape index (κ1) is 10.9. The topological polar surface area (TPSA) is 12.9 Å². The number of hydrogen-bond donors (Lipinski definition) is 0. The van der Waals surface area contributed by atoms with E-state index in [2.05, 4.69) is 70.5 Å². The standard InChI is InChI=1S/C17H10BrN/c18-17-15-8-4-3-7-13(15)14-10-9-11-5-1-2-6-12(11)16(14)19-17/h1-10H. The second-order valence-corrected chi connectivity index (χ2v) is 5.38. The van der Waals surface area contributed by atoms with Crippen molar-refractivity contribution in [2.75, 3.05) is 0 Å². The molecule has 1 heterocycles. The maximum Gasteiger partial charge on any atom is 0.114 e. The molecule has 0 saturated carbocycles. The van der Waals surface area contributed by atoms with Crippen molar-refractivity contribution in [3.63, 3.8) is 0 Å². The predicted octanol–water partition coefficient (Wildman–Crippen LogP) is 5.30. The van der Waals surface area contributed by atoms with Crippen molar-refractivity contribution < 1.29 is 0 Å². The lowest BCUT2D eigenvalue weighted by Gasteiger charge is -2.08. The van der Waals surface area contributed by atoms with Gasteiger partial charge in [0, 0.05) is 16.2 Å². The smallest absolute Gasteiger partial charge is 0.114 e. The Kier molecular flexibility index (Phi) is 2.32. The van der Waals surface area contributed by atoms with E-state index in [-0.39, 0.29) is 0 Å². The first-order valence-electron chi connectivity index (χ1n) is 6.20. The number of fused-ring (bicyclic) bond motifs is 5. The molecule has 19 heavy (non-hydrogen) atoms. The molecule has 90 valence electrons. The van der Waals surface area contributed by atoms with Gasteiger partial charge in [-0.2, -0.15) is 0 Å². The summed E-state index contributed by atoms with van der Waals surface area (Å²) in [4.78, 5) is 4.75. The second-order valence-electron chi connectivity index (χ2n) is 4.63. The van der Waals surface area contributed by atoms with Gasteiger partial charge in [-0.15, -0.1) is 0 Å². The summed E-state index contributed by atoms with van der Waals surface area (Å²) in [7, 11) is 0. The number of rotatable bonds is 0. The monoisotopic (exact) mass is 307 g/mol. The molecule has 0 radical (unpaired) electrons. The van der Waals surface area contributed by atoms with Crippen molar-refractivity contribution in [1.82, 2.24) is 4.98 Å². The van der Waals surface area contributed by atoms with E-state index in [1.807, 2.05) is 6.07 Å². The van der Waals surface area contributed by atoms with Gasteiger partial charge in [0.1, 0.15) is 4.60 Å². The minimum Gasteiger partial charge on any atom is -0.240 e. The zero-order valence-electron chi connectivity index (χ0n) is 10.1. The van der Waals surface area contributed by atoms with E-state index in [0.29, 0.717) is 0 Å². The van der Waals surface area contributed by atoms with Gasteiger partial charge in [0.25, 0.3) is 0 Å². The van der Waals surface area contributed by atoms with Crippen molar-refractivity contribution in [2.24, 2.45) is 0 Å². The molecule has 2 heteroatoms. The third-order valence-electron chi connectivity index (χ3n) is 3.55. The Labute approximate surface area is 119 Å². The van der Waals surface area contributed by atoms with Gasteiger partial charge >= 0.3 is 0 Å². The van der Waals surface area contributed by atoms with Gasteiger partial charge in [0.2, 0.25) is 0 Å². The molecule has 0 atom stereocenters. The highest BCUT2D eigenvalue weighted by molar-refractivity contribution is 9.10. The van der Waals surface area contributed by atoms with E-state index in [9.17, 15) is 0 Å². The van der Waals surface area contributed by atoms with Crippen LogP contribution >= 0.6 is 15.9 Å². The van der Waals surface area contributed by atoms with Crippen LogP contribution in [-0.2, 0) is 0 Å². The predicted molar refractivity (Wildman–Crippen MR) is 84.5 cm³/mol. The quantitative estimate of drug-likeness (QED) is 0.317. The van der Waals surface area contributed by atoms with Crippen LogP contribution < -0.4 is 0 Å². The number of hydrogen-bond acceptors (Lipinski definition) is 1. The molecule has 0 aliphatic rings. The van der Waals surface area contributed by atoms with Crippen molar-refractivity contribution >= 4 is 48.4 Å². The Hall–Kier alpha value is -1.93. The number of benzene rings is 3. The highest BCUT2D eigenvalue weighted by Gasteiger charge is 2.08. The van der Waals surface area contributed by atoms with Crippen molar-refractivity contribution in [2.45, 2.75) is 0 Å². The van der Waals surface area contributed by atoms with Crippen LogP contribution in [0, 0.1) is 0 Å². The van der Waals surface area contributed by atoms with E-state index < -0.39 is 0 Å². The third-order valence-corrected chi connectivity index (χ3v) is 4.15. The zero-order valence-corrected chi connectivity index (χ0v) is 11.7. The Balaban J connectivity index is 2.34. The molecular formula is C17H10BrN. The number of pyridine rings is 1. The summed E-state index contributed by atoms with van der Waals surface area (Å²) in [5, 5.41) is 6.03.